The minimum absolute atomic E-state index is 0.244. The lowest BCUT2D eigenvalue weighted by Crippen LogP contribution is -2.13. The minimum atomic E-state index is -0.423. The van der Waals surface area contributed by atoms with Crippen LogP contribution in [0.25, 0.3) is 11.3 Å². The maximum Gasteiger partial charge on any atom is 0.274 e. The number of H-pyrrole nitrogens is 1. The lowest BCUT2D eigenvalue weighted by Gasteiger charge is -2.02. The zero-order chi connectivity index (χ0) is 19.5. The zero-order valence-electron chi connectivity index (χ0n) is 14.6. The molecular formula is C20H15ClFN5O. The molecule has 2 N–H and O–H groups in total. The van der Waals surface area contributed by atoms with E-state index in [1.165, 1.54) is 12.1 Å². The number of carbonyl (C=O) groups is 1. The predicted molar refractivity (Wildman–Crippen MR) is 105 cm³/mol. The van der Waals surface area contributed by atoms with Gasteiger partial charge in [-0.1, -0.05) is 41.9 Å². The van der Waals surface area contributed by atoms with Gasteiger partial charge >= 0.3 is 0 Å². The summed E-state index contributed by atoms with van der Waals surface area (Å²) >= 11 is 6.20. The summed E-state index contributed by atoms with van der Waals surface area (Å²) in [5, 5.41) is 14.1. The van der Waals surface area contributed by atoms with Crippen molar-refractivity contribution in [2.45, 2.75) is 6.54 Å². The van der Waals surface area contributed by atoms with Crippen LogP contribution in [0, 0.1) is 5.82 Å². The largest absolute Gasteiger partial charge is 0.302 e. The Morgan fingerprint density at radius 3 is 2.64 bits per heavy atom. The molecular weight excluding hydrogens is 381 g/mol. The Bertz CT molecular complexity index is 1110. The fourth-order valence-corrected chi connectivity index (χ4v) is 2.91. The lowest BCUT2D eigenvalue weighted by molar-refractivity contribution is 0.102. The number of rotatable bonds is 5. The van der Waals surface area contributed by atoms with Crippen LogP contribution in [-0.2, 0) is 6.54 Å². The van der Waals surface area contributed by atoms with E-state index in [-0.39, 0.29) is 17.3 Å². The van der Waals surface area contributed by atoms with E-state index in [0.717, 1.165) is 5.56 Å². The molecule has 0 unspecified atom stereocenters. The summed E-state index contributed by atoms with van der Waals surface area (Å²) in [6.45, 7) is 0.537. The first kappa shape index (κ1) is 17.9. The first-order valence-corrected chi connectivity index (χ1v) is 8.86. The smallest absolute Gasteiger partial charge is 0.274 e. The van der Waals surface area contributed by atoms with Crippen LogP contribution in [0.1, 0.15) is 16.1 Å². The Labute approximate surface area is 165 Å². The quantitative estimate of drug-likeness (QED) is 0.527. The van der Waals surface area contributed by atoms with Crippen LogP contribution >= 0.6 is 11.6 Å². The van der Waals surface area contributed by atoms with Gasteiger partial charge in [0.2, 0.25) is 0 Å². The summed E-state index contributed by atoms with van der Waals surface area (Å²) in [4.78, 5) is 12.5. The van der Waals surface area contributed by atoms with E-state index in [0.29, 0.717) is 22.8 Å². The fraction of sp³-hybridized carbons (Fsp3) is 0.0500. The average Bonchev–Trinajstić information content (AvgIpc) is 3.31. The molecule has 0 radical (unpaired) electrons. The van der Waals surface area contributed by atoms with Gasteiger partial charge in [0.1, 0.15) is 16.5 Å². The third-order valence-corrected chi connectivity index (χ3v) is 4.38. The first-order chi connectivity index (χ1) is 13.6. The van der Waals surface area contributed by atoms with Crippen LogP contribution < -0.4 is 5.32 Å². The molecule has 0 saturated carbocycles. The van der Waals surface area contributed by atoms with Gasteiger partial charge in [0.15, 0.2) is 5.82 Å². The Morgan fingerprint density at radius 1 is 1.14 bits per heavy atom. The number of hydrogen-bond acceptors (Lipinski definition) is 3. The van der Waals surface area contributed by atoms with Crippen LogP contribution in [0.4, 0.5) is 10.2 Å². The van der Waals surface area contributed by atoms with Gasteiger partial charge in [0.05, 0.1) is 12.2 Å². The molecule has 28 heavy (non-hydrogen) atoms. The normalized spacial score (nSPS) is 10.8. The van der Waals surface area contributed by atoms with E-state index >= 15 is 0 Å². The van der Waals surface area contributed by atoms with E-state index in [1.807, 2.05) is 30.3 Å². The Balaban J connectivity index is 1.47. The second kappa shape index (κ2) is 7.66. The van der Waals surface area contributed by atoms with Gasteiger partial charge in [-0.15, -0.1) is 0 Å². The minimum Gasteiger partial charge on any atom is -0.302 e. The summed E-state index contributed by atoms with van der Waals surface area (Å²) in [5.74, 6) is -0.494. The molecule has 8 heteroatoms. The third kappa shape index (κ3) is 3.94. The number of amides is 1. The van der Waals surface area contributed by atoms with Crippen molar-refractivity contribution in [1.82, 2.24) is 20.0 Å². The van der Waals surface area contributed by atoms with Crippen molar-refractivity contribution in [1.29, 1.82) is 0 Å². The van der Waals surface area contributed by atoms with Crippen molar-refractivity contribution >= 4 is 23.3 Å². The number of halogens is 2. The van der Waals surface area contributed by atoms with E-state index < -0.39 is 5.91 Å². The highest BCUT2D eigenvalue weighted by molar-refractivity contribution is 6.33. The maximum atomic E-state index is 13.0. The van der Waals surface area contributed by atoms with Gasteiger partial charge in [-0.25, -0.2) is 4.39 Å². The number of benzene rings is 2. The fourth-order valence-electron chi connectivity index (χ4n) is 2.71. The van der Waals surface area contributed by atoms with E-state index in [4.69, 9.17) is 11.6 Å². The SMILES string of the molecule is O=C(Nc1nn(Cc2ccccc2)cc1Cl)c1cc(-c2ccc(F)cc2)n[nH]1. The van der Waals surface area contributed by atoms with Crippen LogP contribution in [0.5, 0.6) is 0 Å². The molecule has 0 atom stereocenters. The van der Waals surface area contributed by atoms with Crippen LogP contribution in [0.2, 0.25) is 5.02 Å². The molecule has 0 aliphatic rings. The molecule has 4 rings (SSSR count). The number of hydrogen-bond donors (Lipinski definition) is 2. The molecule has 1 amide bonds. The molecule has 4 aromatic rings. The lowest BCUT2D eigenvalue weighted by atomic mass is 10.1. The monoisotopic (exact) mass is 395 g/mol. The first-order valence-electron chi connectivity index (χ1n) is 8.48. The molecule has 0 spiro atoms. The van der Waals surface area contributed by atoms with Gasteiger partial charge < -0.3 is 5.32 Å². The second-order valence-corrected chi connectivity index (χ2v) is 6.54. The summed E-state index contributed by atoms with van der Waals surface area (Å²) in [6, 6.07) is 17.2. The highest BCUT2D eigenvalue weighted by Gasteiger charge is 2.15. The Hall–Kier alpha value is -3.45. The number of aromatic nitrogens is 4. The zero-order valence-corrected chi connectivity index (χ0v) is 15.3. The maximum absolute atomic E-state index is 13.0. The topological polar surface area (TPSA) is 75.6 Å². The van der Waals surface area contributed by atoms with Crippen molar-refractivity contribution in [2.75, 3.05) is 5.32 Å². The number of anilines is 1. The second-order valence-electron chi connectivity index (χ2n) is 6.14. The molecule has 140 valence electrons. The number of carbonyl (C=O) groups excluding carboxylic acids is 1. The molecule has 6 nitrogen and oxygen atoms in total. The molecule has 2 heterocycles. The predicted octanol–water partition coefficient (Wildman–Crippen LogP) is 4.37. The standard InChI is InChI=1S/C20H15ClFN5O/c21-16-12-27(11-13-4-2-1-3-5-13)26-19(16)23-20(28)18-10-17(24-25-18)14-6-8-15(22)9-7-14/h1-10,12H,11H2,(H,24,25)(H,23,26,28). The molecule has 2 aromatic carbocycles. The van der Waals surface area contributed by atoms with E-state index in [1.54, 1.807) is 29.1 Å². The van der Waals surface area contributed by atoms with Crippen LogP contribution in [-0.4, -0.2) is 25.9 Å². The molecule has 2 aromatic heterocycles. The van der Waals surface area contributed by atoms with Gasteiger partial charge in [-0.2, -0.15) is 10.2 Å². The molecule has 0 saturated heterocycles. The average molecular weight is 396 g/mol. The third-order valence-electron chi connectivity index (χ3n) is 4.10. The molecule has 0 bridgehead atoms. The summed E-state index contributed by atoms with van der Waals surface area (Å²) in [5.41, 5.74) is 2.54. The highest BCUT2D eigenvalue weighted by atomic mass is 35.5. The van der Waals surface area contributed by atoms with Crippen LogP contribution in [0.15, 0.2) is 66.9 Å². The van der Waals surface area contributed by atoms with Gasteiger partial charge in [-0.3, -0.25) is 14.6 Å². The van der Waals surface area contributed by atoms with Crippen molar-refractivity contribution < 1.29 is 9.18 Å². The number of nitrogens with one attached hydrogen (secondary N) is 2. The van der Waals surface area contributed by atoms with Crippen molar-refractivity contribution in [3.63, 3.8) is 0 Å². The summed E-state index contributed by atoms with van der Waals surface area (Å²) in [7, 11) is 0. The highest BCUT2D eigenvalue weighted by Crippen LogP contribution is 2.22. The Morgan fingerprint density at radius 2 is 1.89 bits per heavy atom. The molecule has 0 aliphatic heterocycles. The summed E-state index contributed by atoms with van der Waals surface area (Å²) in [6.07, 6.45) is 1.65. The van der Waals surface area contributed by atoms with Gasteiger partial charge in [0.25, 0.3) is 5.91 Å². The van der Waals surface area contributed by atoms with Crippen LogP contribution in [0.3, 0.4) is 0 Å². The summed E-state index contributed by atoms with van der Waals surface area (Å²) < 4.78 is 14.7. The van der Waals surface area contributed by atoms with E-state index in [2.05, 4.69) is 20.6 Å². The molecule has 0 fully saturated rings. The van der Waals surface area contributed by atoms with Crippen molar-refractivity contribution in [3.8, 4) is 11.3 Å². The van der Waals surface area contributed by atoms with Gasteiger partial charge in [-0.05, 0) is 35.9 Å². The van der Waals surface area contributed by atoms with Gasteiger partial charge in [0, 0.05) is 11.8 Å². The van der Waals surface area contributed by atoms with E-state index in [9.17, 15) is 9.18 Å². The number of nitrogens with zero attached hydrogens (tertiary/aromatic N) is 3. The number of aromatic amines is 1. The molecule has 0 aliphatic carbocycles. The Kier molecular flexibility index (Phi) is 4.90. The van der Waals surface area contributed by atoms with Crippen molar-refractivity contribution in [3.05, 3.63) is 89.0 Å². The van der Waals surface area contributed by atoms with Crippen molar-refractivity contribution in [2.24, 2.45) is 0 Å².